The van der Waals surface area contributed by atoms with Crippen LogP contribution < -0.4 is 5.48 Å². The summed E-state index contributed by atoms with van der Waals surface area (Å²) < 4.78 is 0. The molecule has 0 aliphatic rings. The Kier molecular flexibility index (Phi) is 5.95. The normalized spacial score (nSPS) is 17.8. The molecule has 2 unspecified atom stereocenters. The van der Waals surface area contributed by atoms with Crippen LogP contribution in [0.4, 0.5) is 0 Å². The number of nitrogens with one attached hydrogen (secondary N) is 1. The fourth-order valence-corrected chi connectivity index (χ4v) is 1.12. The van der Waals surface area contributed by atoms with E-state index in [2.05, 4.69) is 12.1 Å². The van der Waals surface area contributed by atoms with Gasteiger partial charge in [-0.1, -0.05) is 6.08 Å². The van der Waals surface area contributed by atoms with Gasteiger partial charge in [-0.15, -0.1) is 6.58 Å². The van der Waals surface area contributed by atoms with Crippen molar-refractivity contribution >= 4 is 0 Å². The lowest BCUT2D eigenvalue weighted by Gasteiger charge is -2.30. The topological polar surface area (TPSA) is 41.5 Å². The average molecular weight is 187 g/mol. The second-order valence-electron chi connectivity index (χ2n) is 3.58. The van der Waals surface area contributed by atoms with Gasteiger partial charge in [0.15, 0.2) is 0 Å². The zero-order valence-corrected chi connectivity index (χ0v) is 8.84. The van der Waals surface area contributed by atoms with Gasteiger partial charge in [-0.05, 0) is 33.1 Å². The van der Waals surface area contributed by atoms with E-state index in [4.69, 9.17) is 4.84 Å². The van der Waals surface area contributed by atoms with Crippen LogP contribution in [0.3, 0.4) is 0 Å². The summed E-state index contributed by atoms with van der Waals surface area (Å²) in [4.78, 5) is 4.77. The van der Waals surface area contributed by atoms with Gasteiger partial charge in [0.1, 0.15) is 0 Å². The third-order valence-electron chi connectivity index (χ3n) is 2.32. The van der Waals surface area contributed by atoms with E-state index in [-0.39, 0.29) is 6.04 Å². The van der Waals surface area contributed by atoms with Crippen molar-refractivity contribution in [3.8, 4) is 0 Å². The van der Waals surface area contributed by atoms with Crippen molar-refractivity contribution in [2.75, 3.05) is 7.11 Å². The van der Waals surface area contributed by atoms with Crippen molar-refractivity contribution < 1.29 is 9.94 Å². The van der Waals surface area contributed by atoms with Crippen LogP contribution in [0, 0.1) is 0 Å². The van der Waals surface area contributed by atoms with E-state index in [1.807, 2.05) is 19.9 Å². The fourth-order valence-electron chi connectivity index (χ4n) is 1.12. The molecule has 0 heterocycles. The first-order chi connectivity index (χ1) is 6.04. The Morgan fingerprint density at radius 2 is 2.31 bits per heavy atom. The van der Waals surface area contributed by atoms with E-state index >= 15 is 0 Å². The minimum Gasteiger partial charge on any atom is -0.388 e. The average Bonchev–Trinajstić information content (AvgIpc) is 2.05. The van der Waals surface area contributed by atoms with Crippen LogP contribution in [0.25, 0.3) is 0 Å². The van der Waals surface area contributed by atoms with Crippen LogP contribution in [0.5, 0.6) is 0 Å². The molecule has 2 atom stereocenters. The fraction of sp³-hybridized carbons (Fsp3) is 0.800. The summed E-state index contributed by atoms with van der Waals surface area (Å²) in [6.45, 7) is 7.35. The van der Waals surface area contributed by atoms with Crippen LogP contribution in [0.1, 0.15) is 33.1 Å². The van der Waals surface area contributed by atoms with Crippen molar-refractivity contribution in [1.29, 1.82) is 0 Å². The van der Waals surface area contributed by atoms with Crippen LogP contribution in [-0.2, 0) is 4.84 Å². The summed E-state index contributed by atoms with van der Waals surface area (Å²) in [5.74, 6) is 0. The minimum atomic E-state index is -0.723. The molecule has 0 fully saturated rings. The zero-order chi connectivity index (χ0) is 10.3. The van der Waals surface area contributed by atoms with E-state index in [0.29, 0.717) is 0 Å². The highest BCUT2D eigenvalue weighted by Crippen LogP contribution is 2.17. The maximum Gasteiger partial charge on any atom is 0.0792 e. The molecule has 0 aliphatic carbocycles. The summed E-state index contributed by atoms with van der Waals surface area (Å²) in [5.41, 5.74) is 2.01. The molecule has 3 nitrogen and oxygen atoms in total. The maximum atomic E-state index is 9.96. The van der Waals surface area contributed by atoms with Gasteiger partial charge in [0.2, 0.25) is 0 Å². The van der Waals surface area contributed by atoms with Crippen molar-refractivity contribution in [3.63, 3.8) is 0 Å². The quantitative estimate of drug-likeness (QED) is 0.361. The van der Waals surface area contributed by atoms with E-state index in [0.717, 1.165) is 19.3 Å². The molecule has 0 bridgehead atoms. The van der Waals surface area contributed by atoms with Crippen LogP contribution in [0.15, 0.2) is 12.7 Å². The summed E-state index contributed by atoms with van der Waals surface area (Å²) in [6.07, 6.45) is 4.50. The SMILES string of the molecule is C=CCCCC(C)(O)C(C)NOC. The Balaban J connectivity index is 3.82. The Bertz CT molecular complexity index is 146. The van der Waals surface area contributed by atoms with Gasteiger partial charge in [-0.3, -0.25) is 0 Å². The largest absolute Gasteiger partial charge is 0.388 e. The molecule has 0 saturated carbocycles. The summed E-state index contributed by atoms with van der Waals surface area (Å²) in [6, 6.07) is -0.0673. The molecule has 0 saturated heterocycles. The minimum absolute atomic E-state index is 0.0673. The number of aliphatic hydroxyl groups is 1. The first kappa shape index (κ1) is 12.6. The molecule has 3 heteroatoms. The van der Waals surface area contributed by atoms with Crippen LogP contribution in [-0.4, -0.2) is 23.9 Å². The van der Waals surface area contributed by atoms with E-state index in [9.17, 15) is 5.11 Å². The highest BCUT2D eigenvalue weighted by molar-refractivity contribution is 4.83. The van der Waals surface area contributed by atoms with Crippen molar-refractivity contribution in [2.24, 2.45) is 0 Å². The van der Waals surface area contributed by atoms with Crippen LogP contribution >= 0.6 is 0 Å². The Hall–Kier alpha value is -0.380. The van der Waals surface area contributed by atoms with Gasteiger partial charge >= 0.3 is 0 Å². The van der Waals surface area contributed by atoms with Gasteiger partial charge in [-0.25, -0.2) is 0 Å². The monoisotopic (exact) mass is 187 g/mol. The summed E-state index contributed by atoms with van der Waals surface area (Å²) >= 11 is 0. The van der Waals surface area contributed by atoms with Gasteiger partial charge in [0.25, 0.3) is 0 Å². The third kappa shape index (κ3) is 5.03. The molecule has 0 rings (SSSR count). The van der Waals surface area contributed by atoms with Gasteiger partial charge in [0.05, 0.1) is 18.8 Å². The van der Waals surface area contributed by atoms with Crippen molar-refractivity contribution in [1.82, 2.24) is 5.48 Å². The molecule has 0 aromatic heterocycles. The molecule has 0 aliphatic heterocycles. The van der Waals surface area contributed by atoms with Gasteiger partial charge < -0.3 is 9.94 Å². The van der Waals surface area contributed by atoms with E-state index < -0.39 is 5.60 Å². The number of hydroxylamine groups is 1. The Morgan fingerprint density at radius 1 is 1.69 bits per heavy atom. The zero-order valence-electron chi connectivity index (χ0n) is 8.84. The highest BCUT2D eigenvalue weighted by Gasteiger charge is 2.27. The number of hydrogen-bond acceptors (Lipinski definition) is 3. The number of unbranched alkanes of at least 4 members (excludes halogenated alkanes) is 1. The second-order valence-corrected chi connectivity index (χ2v) is 3.58. The molecule has 0 aromatic carbocycles. The number of hydrogen-bond donors (Lipinski definition) is 2. The molecule has 0 aromatic rings. The predicted molar refractivity (Wildman–Crippen MR) is 54.3 cm³/mol. The molecule has 0 radical (unpaired) electrons. The molecule has 0 spiro atoms. The Morgan fingerprint density at radius 3 is 2.77 bits per heavy atom. The lowest BCUT2D eigenvalue weighted by atomic mass is 9.92. The smallest absolute Gasteiger partial charge is 0.0792 e. The summed E-state index contributed by atoms with van der Waals surface area (Å²) in [5, 5.41) is 9.96. The first-order valence-corrected chi connectivity index (χ1v) is 4.66. The molecule has 13 heavy (non-hydrogen) atoms. The standard InChI is InChI=1S/C10H21NO2/c1-5-6-7-8-10(3,12)9(2)11-13-4/h5,9,11-12H,1,6-8H2,2-4H3. The van der Waals surface area contributed by atoms with E-state index in [1.54, 1.807) is 7.11 Å². The molecule has 0 amide bonds. The van der Waals surface area contributed by atoms with Crippen molar-refractivity contribution in [2.45, 2.75) is 44.8 Å². The lowest BCUT2D eigenvalue weighted by Crippen LogP contribution is -2.46. The van der Waals surface area contributed by atoms with Gasteiger partial charge in [0, 0.05) is 0 Å². The maximum absolute atomic E-state index is 9.96. The predicted octanol–water partition coefficient (Wildman–Crippen LogP) is 1.63. The van der Waals surface area contributed by atoms with Crippen LogP contribution in [0.2, 0.25) is 0 Å². The van der Waals surface area contributed by atoms with Crippen molar-refractivity contribution in [3.05, 3.63) is 12.7 Å². The molecular weight excluding hydrogens is 166 g/mol. The number of rotatable bonds is 7. The molecule has 2 N–H and O–H groups in total. The lowest BCUT2D eigenvalue weighted by molar-refractivity contribution is -0.0473. The molecule has 78 valence electrons. The van der Waals surface area contributed by atoms with E-state index in [1.165, 1.54) is 0 Å². The molecular formula is C10H21NO2. The second kappa shape index (κ2) is 6.13. The first-order valence-electron chi connectivity index (χ1n) is 4.66. The Labute approximate surface area is 80.7 Å². The number of allylic oxidation sites excluding steroid dienone is 1. The van der Waals surface area contributed by atoms with Gasteiger partial charge in [-0.2, -0.15) is 5.48 Å². The summed E-state index contributed by atoms with van der Waals surface area (Å²) in [7, 11) is 1.55. The highest BCUT2D eigenvalue weighted by atomic mass is 16.6. The third-order valence-corrected chi connectivity index (χ3v) is 2.32.